The number of aromatic nitrogens is 4. The summed E-state index contributed by atoms with van der Waals surface area (Å²) in [6, 6.07) is 4.75. The standard InChI is InChI=1S/C15H20ClN5O2/c1-5-19(6-2)14(22)21-15(23)20(17-18-21)11-7-8-12(10(3)4)13(16)9-11/h7-10H,5-6H2,1-4H3. The number of carbonyl (C=O) groups is 1. The summed E-state index contributed by atoms with van der Waals surface area (Å²) in [6.07, 6.45) is 0. The summed E-state index contributed by atoms with van der Waals surface area (Å²) in [5.74, 6) is 0.271. The van der Waals surface area contributed by atoms with E-state index < -0.39 is 11.7 Å². The van der Waals surface area contributed by atoms with Gasteiger partial charge in [0.2, 0.25) is 0 Å². The number of carbonyl (C=O) groups excluding carboxylic acids is 1. The van der Waals surface area contributed by atoms with E-state index in [1.165, 1.54) is 4.90 Å². The minimum absolute atomic E-state index is 0.271. The van der Waals surface area contributed by atoms with Gasteiger partial charge in [-0.3, -0.25) is 0 Å². The number of benzene rings is 1. The Kier molecular flexibility index (Phi) is 5.20. The molecule has 0 saturated heterocycles. The molecule has 2 aromatic rings. The van der Waals surface area contributed by atoms with E-state index in [0.29, 0.717) is 23.8 Å². The van der Waals surface area contributed by atoms with Crippen LogP contribution in [-0.2, 0) is 0 Å². The lowest BCUT2D eigenvalue weighted by molar-refractivity contribution is 0.200. The van der Waals surface area contributed by atoms with E-state index in [0.717, 1.165) is 14.9 Å². The van der Waals surface area contributed by atoms with Crippen molar-refractivity contribution in [2.45, 2.75) is 33.6 Å². The summed E-state index contributed by atoms with van der Waals surface area (Å²) in [4.78, 5) is 26.1. The van der Waals surface area contributed by atoms with Crippen LogP contribution in [-0.4, -0.2) is 43.8 Å². The molecule has 0 saturated carbocycles. The number of hydrogen-bond acceptors (Lipinski definition) is 4. The van der Waals surface area contributed by atoms with Crippen LogP contribution in [0.15, 0.2) is 23.0 Å². The summed E-state index contributed by atoms with van der Waals surface area (Å²) in [5, 5.41) is 8.01. The Balaban J connectivity index is 2.42. The fraction of sp³-hybridized carbons (Fsp3) is 0.467. The maximum absolute atomic E-state index is 12.4. The Bertz CT molecular complexity index is 761. The Labute approximate surface area is 139 Å². The number of tetrazole rings is 1. The molecule has 2 rings (SSSR count). The lowest BCUT2D eigenvalue weighted by Gasteiger charge is -2.16. The van der Waals surface area contributed by atoms with Gasteiger partial charge >= 0.3 is 11.7 Å². The molecule has 23 heavy (non-hydrogen) atoms. The molecule has 1 amide bonds. The molecule has 124 valence electrons. The number of rotatable bonds is 4. The van der Waals surface area contributed by atoms with E-state index in [1.807, 2.05) is 33.8 Å². The molecule has 0 radical (unpaired) electrons. The molecule has 0 N–H and O–H groups in total. The summed E-state index contributed by atoms with van der Waals surface area (Å²) < 4.78 is 1.83. The van der Waals surface area contributed by atoms with E-state index in [9.17, 15) is 9.59 Å². The van der Waals surface area contributed by atoms with Crippen LogP contribution in [0.4, 0.5) is 4.79 Å². The smallest absolute Gasteiger partial charge is 0.323 e. The highest BCUT2D eigenvalue weighted by Crippen LogP contribution is 2.25. The zero-order chi connectivity index (χ0) is 17.1. The van der Waals surface area contributed by atoms with Crippen LogP contribution in [0.3, 0.4) is 0 Å². The Morgan fingerprint density at radius 1 is 1.26 bits per heavy atom. The van der Waals surface area contributed by atoms with Gasteiger partial charge in [0.15, 0.2) is 0 Å². The second kappa shape index (κ2) is 6.95. The second-order valence-electron chi connectivity index (χ2n) is 5.40. The van der Waals surface area contributed by atoms with Crippen molar-refractivity contribution >= 4 is 17.6 Å². The van der Waals surface area contributed by atoms with Gasteiger partial charge in [-0.1, -0.05) is 31.5 Å². The molecule has 0 atom stereocenters. The van der Waals surface area contributed by atoms with Crippen molar-refractivity contribution in [1.82, 2.24) is 24.7 Å². The fourth-order valence-corrected chi connectivity index (χ4v) is 2.67. The third-order valence-corrected chi connectivity index (χ3v) is 3.97. The first kappa shape index (κ1) is 17.2. The molecular weight excluding hydrogens is 318 g/mol. The van der Waals surface area contributed by atoms with Crippen LogP contribution in [0.1, 0.15) is 39.2 Å². The predicted molar refractivity (Wildman–Crippen MR) is 88.4 cm³/mol. The number of nitrogens with zero attached hydrogens (tertiary/aromatic N) is 5. The van der Waals surface area contributed by atoms with Crippen molar-refractivity contribution in [2.75, 3.05) is 13.1 Å². The van der Waals surface area contributed by atoms with Gasteiger partial charge in [0.05, 0.1) is 5.69 Å². The first-order chi connectivity index (χ1) is 10.9. The third kappa shape index (κ3) is 3.29. The zero-order valence-corrected chi connectivity index (χ0v) is 14.4. The minimum Gasteiger partial charge on any atom is -0.323 e. The average Bonchev–Trinajstić information content (AvgIpc) is 2.89. The van der Waals surface area contributed by atoms with E-state index in [2.05, 4.69) is 10.4 Å². The van der Waals surface area contributed by atoms with Crippen molar-refractivity contribution < 1.29 is 4.79 Å². The molecule has 0 fully saturated rings. The van der Waals surface area contributed by atoms with Gasteiger partial charge in [-0.2, -0.15) is 4.68 Å². The van der Waals surface area contributed by atoms with Gasteiger partial charge in [-0.05, 0) is 47.9 Å². The van der Waals surface area contributed by atoms with Gasteiger partial charge in [-0.15, -0.1) is 4.68 Å². The molecule has 8 heteroatoms. The van der Waals surface area contributed by atoms with Crippen LogP contribution in [0.5, 0.6) is 0 Å². The summed E-state index contributed by atoms with van der Waals surface area (Å²) in [7, 11) is 0. The van der Waals surface area contributed by atoms with Crippen molar-refractivity contribution in [3.05, 3.63) is 39.3 Å². The monoisotopic (exact) mass is 337 g/mol. The molecule has 1 heterocycles. The van der Waals surface area contributed by atoms with E-state index in [1.54, 1.807) is 12.1 Å². The number of hydrogen-bond donors (Lipinski definition) is 0. The normalized spacial score (nSPS) is 11.0. The van der Waals surface area contributed by atoms with Crippen LogP contribution in [0, 0.1) is 0 Å². The lowest BCUT2D eigenvalue weighted by atomic mass is 10.0. The largest absolute Gasteiger partial charge is 0.377 e. The topological polar surface area (TPSA) is 73.0 Å². The Hall–Kier alpha value is -2.15. The molecule has 1 aromatic heterocycles. The van der Waals surface area contributed by atoms with Gasteiger partial charge in [-0.25, -0.2) is 9.59 Å². The maximum Gasteiger partial charge on any atom is 0.377 e. The van der Waals surface area contributed by atoms with Gasteiger partial charge in [0, 0.05) is 18.1 Å². The van der Waals surface area contributed by atoms with Gasteiger partial charge in [0.25, 0.3) is 0 Å². The summed E-state index contributed by atoms with van der Waals surface area (Å²) in [6.45, 7) is 8.72. The highest BCUT2D eigenvalue weighted by Gasteiger charge is 2.19. The molecule has 0 aliphatic heterocycles. The lowest BCUT2D eigenvalue weighted by Crippen LogP contribution is -2.40. The van der Waals surface area contributed by atoms with Crippen LogP contribution < -0.4 is 5.69 Å². The molecule has 0 unspecified atom stereocenters. The quantitative estimate of drug-likeness (QED) is 0.803. The molecule has 1 aromatic carbocycles. The highest BCUT2D eigenvalue weighted by atomic mass is 35.5. The minimum atomic E-state index is -0.615. The van der Waals surface area contributed by atoms with Gasteiger partial charge < -0.3 is 4.90 Å². The van der Waals surface area contributed by atoms with Gasteiger partial charge in [0.1, 0.15) is 0 Å². The molecule has 0 bridgehead atoms. The average molecular weight is 338 g/mol. The van der Waals surface area contributed by atoms with E-state index >= 15 is 0 Å². The van der Waals surface area contributed by atoms with E-state index in [-0.39, 0.29) is 5.92 Å². The van der Waals surface area contributed by atoms with Crippen LogP contribution in [0.25, 0.3) is 5.69 Å². The maximum atomic E-state index is 12.4. The van der Waals surface area contributed by atoms with Crippen molar-refractivity contribution in [1.29, 1.82) is 0 Å². The molecule has 0 spiro atoms. The Morgan fingerprint density at radius 3 is 2.43 bits per heavy atom. The fourth-order valence-electron chi connectivity index (χ4n) is 2.27. The van der Waals surface area contributed by atoms with Crippen molar-refractivity contribution in [3.8, 4) is 5.69 Å². The second-order valence-corrected chi connectivity index (χ2v) is 5.81. The molecule has 0 aliphatic carbocycles. The molecule has 0 aliphatic rings. The molecule has 7 nitrogen and oxygen atoms in total. The molecular formula is C15H20ClN5O2. The summed E-state index contributed by atoms with van der Waals surface area (Å²) >= 11 is 6.25. The first-order valence-electron chi connectivity index (χ1n) is 7.54. The van der Waals surface area contributed by atoms with Crippen LogP contribution >= 0.6 is 11.6 Å². The van der Waals surface area contributed by atoms with Crippen molar-refractivity contribution in [3.63, 3.8) is 0 Å². The highest BCUT2D eigenvalue weighted by molar-refractivity contribution is 6.31. The third-order valence-electron chi connectivity index (χ3n) is 3.65. The van der Waals surface area contributed by atoms with Crippen LogP contribution in [0.2, 0.25) is 5.02 Å². The summed E-state index contributed by atoms with van der Waals surface area (Å²) in [5.41, 5.74) is 0.841. The van der Waals surface area contributed by atoms with E-state index in [4.69, 9.17) is 11.6 Å². The first-order valence-corrected chi connectivity index (χ1v) is 7.92. The number of amides is 1. The SMILES string of the molecule is CCN(CC)C(=O)n1nnn(-c2ccc(C(C)C)c(Cl)c2)c1=O. The predicted octanol–water partition coefficient (Wildman–Crippen LogP) is 2.52. The van der Waals surface area contributed by atoms with Crippen molar-refractivity contribution in [2.24, 2.45) is 0 Å². The Morgan fingerprint density at radius 2 is 1.91 bits per heavy atom. The number of halogens is 1. The zero-order valence-electron chi connectivity index (χ0n) is 13.7.